The number of carbonyl (C=O) groups excluding carboxylic acids is 1. The average molecular weight is 391 g/mol. The van der Waals surface area contributed by atoms with Gasteiger partial charge in [-0.25, -0.2) is 0 Å². The van der Waals surface area contributed by atoms with E-state index < -0.39 is 0 Å². The molecule has 0 spiro atoms. The monoisotopic (exact) mass is 390 g/mol. The van der Waals surface area contributed by atoms with Crippen LogP contribution in [0.1, 0.15) is 27.2 Å². The van der Waals surface area contributed by atoms with Crippen molar-refractivity contribution in [1.29, 1.82) is 0 Å². The molecule has 2 fully saturated rings. The molecule has 1 N–H and O–H groups in total. The molecule has 0 aromatic heterocycles. The van der Waals surface area contributed by atoms with E-state index in [2.05, 4.69) is 43.1 Å². The highest BCUT2D eigenvalue weighted by Crippen LogP contribution is 2.23. The van der Waals surface area contributed by atoms with E-state index in [0.29, 0.717) is 11.7 Å². The van der Waals surface area contributed by atoms with Crippen molar-refractivity contribution < 1.29 is 9.53 Å². The lowest BCUT2D eigenvalue weighted by Crippen LogP contribution is -2.62. The summed E-state index contributed by atoms with van der Waals surface area (Å²) in [6.45, 7) is 9.93. The largest absolute Gasteiger partial charge is 0.497 e. The molecule has 2 aliphatic rings. The molecule has 2 saturated heterocycles. The molecule has 6 nitrogen and oxygen atoms in total. The van der Waals surface area contributed by atoms with Crippen LogP contribution in [-0.4, -0.2) is 72.2 Å². The highest BCUT2D eigenvalue weighted by atomic mass is 32.1. The van der Waals surface area contributed by atoms with Crippen molar-refractivity contribution in [3.63, 3.8) is 0 Å². The summed E-state index contributed by atoms with van der Waals surface area (Å²) in [5.74, 6) is 1.01. The standard InChI is InChI=1S/C20H30N4O2S/c1-15-13-20(2,3)21-19(27)24(15)14-18(25)23-11-9-22(10-12-23)16-5-7-17(26-4)8-6-16/h5-8,15H,9-14H2,1-4H3,(H,21,27)/t15-/m0/s1. The van der Waals surface area contributed by atoms with Crippen molar-refractivity contribution >= 4 is 28.9 Å². The first-order valence-electron chi connectivity index (χ1n) is 9.54. The molecule has 0 aliphatic carbocycles. The average Bonchev–Trinajstić information content (AvgIpc) is 2.64. The van der Waals surface area contributed by atoms with Gasteiger partial charge in [0, 0.05) is 43.4 Å². The van der Waals surface area contributed by atoms with Crippen molar-refractivity contribution in [3.8, 4) is 5.75 Å². The van der Waals surface area contributed by atoms with Crippen LogP contribution in [0.25, 0.3) is 0 Å². The zero-order chi connectivity index (χ0) is 19.6. The molecule has 7 heteroatoms. The van der Waals surface area contributed by atoms with Gasteiger partial charge in [0.1, 0.15) is 5.75 Å². The van der Waals surface area contributed by atoms with Crippen molar-refractivity contribution in [2.24, 2.45) is 0 Å². The minimum absolute atomic E-state index is 0.0139. The molecule has 27 heavy (non-hydrogen) atoms. The summed E-state index contributed by atoms with van der Waals surface area (Å²) in [7, 11) is 1.67. The maximum atomic E-state index is 12.8. The third-order valence-electron chi connectivity index (χ3n) is 5.42. The Balaban J connectivity index is 1.53. The molecule has 148 valence electrons. The van der Waals surface area contributed by atoms with E-state index in [0.717, 1.165) is 38.3 Å². The summed E-state index contributed by atoms with van der Waals surface area (Å²) in [6, 6.07) is 8.34. The molecule has 1 atom stereocenters. The Morgan fingerprint density at radius 1 is 1.22 bits per heavy atom. The van der Waals surface area contributed by atoms with Gasteiger partial charge in [0.25, 0.3) is 0 Å². The molecule has 2 aliphatic heterocycles. The van der Waals surface area contributed by atoms with Gasteiger partial charge in [-0.1, -0.05) is 0 Å². The molecule has 0 unspecified atom stereocenters. The van der Waals surface area contributed by atoms with Gasteiger partial charge in [-0.2, -0.15) is 0 Å². The molecule has 0 radical (unpaired) electrons. The van der Waals surface area contributed by atoms with Crippen LogP contribution in [0.4, 0.5) is 5.69 Å². The van der Waals surface area contributed by atoms with Gasteiger partial charge in [0.05, 0.1) is 13.7 Å². The van der Waals surface area contributed by atoms with Crippen molar-refractivity contribution in [3.05, 3.63) is 24.3 Å². The highest BCUT2D eigenvalue weighted by molar-refractivity contribution is 7.80. The smallest absolute Gasteiger partial charge is 0.242 e. The summed E-state index contributed by atoms with van der Waals surface area (Å²) in [5, 5.41) is 4.03. The first-order chi connectivity index (χ1) is 12.8. The van der Waals surface area contributed by atoms with E-state index in [1.54, 1.807) is 7.11 Å². The highest BCUT2D eigenvalue weighted by Gasteiger charge is 2.35. The Morgan fingerprint density at radius 3 is 2.41 bits per heavy atom. The number of anilines is 1. The molecular weight excluding hydrogens is 360 g/mol. The van der Waals surface area contributed by atoms with Crippen molar-refractivity contribution in [1.82, 2.24) is 15.1 Å². The minimum atomic E-state index is -0.0139. The van der Waals surface area contributed by atoms with Gasteiger partial charge < -0.3 is 24.8 Å². The van der Waals surface area contributed by atoms with Crippen LogP contribution in [0, 0.1) is 0 Å². The predicted octanol–water partition coefficient (Wildman–Crippen LogP) is 2.09. The van der Waals surface area contributed by atoms with Gasteiger partial charge in [-0.3, -0.25) is 4.79 Å². The second-order valence-electron chi connectivity index (χ2n) is 8.06. The van der Waals surface area contributed by atoms with Crippen LogP contribution in [0.2, 0.25) is 0 Å². The molecule has 1 aromatic carbocycles. The van der Waals surface area contributed by atoms with Gasteiger partial charge in [-0.05, 0) is 63.7 Å². The molecule has 0 bridgehead atoms. The Hall–Kier alpha value is -2.02. The number of benzene rings is 1. The van der Waals surface area contributed by atoms with Crippen LogP contribution in [0.15, 0.2) is 24.3 Å². The number of nitrogens with one attached hydrogen (secondary N) is 1. The van der Waals surface area contributed by atoms with Crippen LogP contribution < -0.4 is 15.0 Å². The predicted molar refractivity (Wildman–Crippen MR) is 112 cm³/mol. The Labute approximate surface area is 167 Å². The maximum absolute atomic E-state index is 12.8. The van der Waals surface area contributed by atoms with Gasteiger partial charge in [0.15, 0.2) is 5.11 Å². The zero-order valence-electron chi connectivity index (χ0n) is 16.7. The fourth-order valence-electron chi connectivity index (χ4n) is 3.94. The number of hydrogen-bond acceptors (Lipinski definition) is 4. The molecular formula is C20H30N4O2S. The maximum Gasteiger partial charge on any atom is 0.242 e. The van der Waals surface area contributed by atoms with Crippen LogP contribution in [0.3, 0.4) is 0 Å². The number of thiocarbonyl (C=S) groups is 1. The van der Waals surface area contributed by atoms with Crippen molar-refractivity contribution in [2.45, 2.75) is 38.8 Å². The quantitative estimate of drug-likeness (QED) is 0.795. The fourth-order valence-corrected chi connectivity index (χ4v) is 4.46. The summed E-state index contributed by atoms with van der Waals surface area (Å²) in [6.07, 6.45) is 0.964. The first kappa shape index (κ1) is 19.7. The summed E-state index contributed by atoms with van der Waals surface area (Å²) >= 11 is 5.50. The first-order valence-corrected chi connectivity index (χ1v) is 9.95. The number of amides is 1. The Morgan fingerprint density at radius 2 is 1.85 bits per heavy atom. The molecule has 0 saturated carbocycles. The SMILES string of the molecule is COc1ccc(N2CCN(C(=O)CN3C(=S)NC(C)(C)C[C@@H]3C)CC2)cc1. The second-order valence-corrected chi connectivity index (χ2v) is 8.45. The lowest BCUT2D eigenvalue weighted by atomic mass is 9.93. The van der Waals surface area contributed by atoms with E-state index >= 15 is 0 Å². The Kier molecular flexibility index (Phi) is 5.79. The van der Waals surface area contributed by atoms with E-state index in [1.807, 2.05) is 21.9 Å². The zero-order valence-corrected chi connectivity index (χ0v) is 17.5. The Bertz CT molecular complexity index is 684. The van der Waals surface area contributed by atoms with Gasteiger partial charge in [0.2, 0.25) is 5.91 Å². The van der Waals surface area contributed by atoms with E-state index in [4.69, 9.17) is 17.0 Å². The van der Waals surface area contributed by atoms with E-state index in [1.165, 1.54) is 5.69 Å². The summed E-state index contributed by atoms with van der Waals surface area (Å²) < 4.78 is 5.22. The number of methoxy groups -OCH3 is 1. The number of nitrogens with zero attached hydrogens (tertiary/aromatic N) is 3. The topological polar surface area (TPSA) is 48.1 Å². The third kappa shape index (κ3) is 4.64. The summed E-state index contributed by atoms with van der Waals surface area (Å²) in [4.78, 5) is 19.1. The normalized spacial score (nSPS) is 22.4. The third-order valence-corrected chi connectivity index (χ3v) is 5.76. The van der Waals surface area contributed by atoms with E-state index in [9.17, 15) is 4.79 Å². The fraction of sp³-hybridized carbons (Fsp3) is 0.600. The lowest BCUT2D eigenvalue weighted by Gasteiger charge is -2.45. The minimum Gasteiger partial charge on any atom is -0.497 e. The molecule has 3 rings (SSSR count). The number of carbonyl (C=O) groups is 1. The molecule has 1 amide bonds. The van der Waals surface area contributed by atoms with Crippen LogP contribution in [0.5, 0.6) is 5.75 Å². The number of piperazine rings is 1. The van der Waals surface area contributed by atoms with Crippen LogP contribution >= 0.6 is 12.2 Å². The number of ether oxygens (including phenoxy) is 1. The molecule has 1 aromatic rings. The van der Waals surface area contributed by atoms with Crippen LogP contribution in [-0.2, 0) is 4.79 Å². The number of hydrogen-bond donors (Lipinski definition) is 1. The van der Waals surface area contributed by atoms with E-state index in [-0.39, 0.29) is 17.5 Å². The van der Waals surface area contributed by atoms with Gasteiger partial charge >= 0.3 is 0 Å². The number of rotatable bonds is 4. The van der Waals surface area contributed by atoms with Crippen molar-refractivity contribution in [2.75, 3.05) is 44.7 Å². The lowest BCUT2D eigenvalue weighted by molar-refractivity contribution is -0.132. The summed E-state index contributed by atoms with van der Waals surface area (Å²) in [5.41, 5.74) is 1.15. The second kappa shape index (κ2) is 7.92. The molecule has 2 heterocycles. The van der Waals surface area contributed by atoms with Gasteiger partial charge in [-0.15, -0.1) is 0 Å².